The van der Waals surface area contributed by atoms with E-state index in [4.69, 9.17) is 4.74 Å². The molecule has 0 saturated heterocycles. The van der Waals surface area contributed by atoms with E-state index < -0.39 is 23.0 Å². The summed E-state index contributed by atoms with van der Waals surface area (Å²) in [5, 5.41) is 1.04. The summed E-state index contributed by atoms with van der Waals surface area (Å²) in [7, 11) is 0. The van der Waals surface area contributed by atoms with Crippen molar-refractivity contribution in [2.45, 2.75) is 87.0 Å². The largest absolute Gasteiger partial charge is 0.426 e. The van der Waals surface area contributed by atoms with Gasteiger partial charge in [0.15, 0.2) is 0 Å². The number of pyridine rings is 2. The molecule has 0 spiro atoms. The second-order valence-corrected chi connectivity index (χ2v) is 12.3. The number of nitrogens with zero attached hydrogens (tertiary/aromatic N) is 2. The molecule has 4 nitrogen and oxygen atoms in total. The van der Waals surface area contributed by atoms with Gasteiger partial charge in [-0.25, -0.2) is 18.7 Å². The van der Waals surface area contributed by atoms with Crippen molar-refractivity contribution in [3.63, 3.8) is 0 Å². The Kier molecular flexibility index (Phi) is 6.62. The Labute approximate surface area is 223 Å². The summed E-state index contributed by atoms with van der Waals surface area (Å²) in [6, 6.07) is 5.04. The Morgan fingerprint density at radius 2 is 1.32 bits per heavy atom. The van der Waals surface area contributed by atoms with Crippen molar-refractivity contribution in [1.82, 2.24) is 9.97 Å². The first-order chi connectivity index (χ1) is 17.4. The number of carbonyl (C=O) groups excluding carboxylic acids is 1. The zero-order valence-corrected chi connectivity index (χ0v) is 24.2. The molecule has 0 aliphatic carbocycles. The fraction of sp³-hybridized carbons (Fsp3) is 0.406. The van der Waals surface area contributed by atoms with Crippen molar-refractivity contribution in [2.24, 2.45) is 0 Å². The molecule has 0 saturated carbocycles. The van der Waals surface area contributed by atoms with Gasteiger partial charge in [0.2, 0.25) is 0 Å². The van der Waals surface area contributed by atoms with Crippen LogP contribution < -0.4 is 4.74 Å². The van der Waals surface area contributed by atoms with Gasteiger partial charge in [-0.1, -0.05) is 41.5 Å². The van der Waals surface area contributed by atoms with Crippen LogP contribution in [0.2, 0.25) is 0 Å². The number of carbonyl (C=O) groups is 1. The number of aromatic nitrogens is 2. The van der Waals surface area contributed by atoms with Crippen LogP contribution >= 0.6 is 0 Å². The molecule has 0 aliphatic heterocycles. The van der Waals surface area contributed by atoms with Crippen molar-refractivity contribution in [1.29, 1.82) is 0 Å². The van der Waals surface area contributed by atoms with Crippen LogP contribution in [0.1, 0.15) is 82.1 Å². The van der Waals surface area contributed by atoms with Crippen LogP contribution in [0.15, 0.2) is 18.2 Å². The highest BCUT2D eigenvalue weighted by Gasteiger charge is 2.30. The van der Waals surface area contributed by atoms with Gasteiger partial charge in [0.25, 0.3) is 0 Å². The number of halogens is 2. The molecule has 2 heterocycles. The molecule has 2 aromatic carbocycles. The molecule has 0 bridgehead atoms. The number of fused-ring (bicyclic) bond motifs is 2. The highest BCUT2D eigenvalue weighted by atomic mass is 19.1. The molecular formula is C32H36F2N2O2. The summed E-state index contributed by atoms with van der Waals surface area (Å²) >= 11 is 0. The lowest BCUT2D eigenvalue weighted by molar-refractivity contribution is -0.131. The molecular weight excluding hydrogens is 482 g/mol. The van der Waals surface area contributed by atoms with Crippen molar-refractivity contribution >= 4 is 27.8 Å². The van der Waals surface area contributed by atoms with Crippen LogP contribution in [0.25, 0.3) is 32.9 Å². The van der Waals surface area contributed by atoms with Gasteiger partial charge < -0.3 is 4.74 Å². The second-order valence-electron chi connectivity index (χ2n) is 12.3. The first kappa shape index (κ1) is 27.6. The molecule has 6 heteroatoms. The third-order valence-corrected chi connectivity index (χ3v) is 7.34. The molecule has 0 amide bonds. The third-order valence-electron chi connectivity index (χ3n) is 7.34. The number of rotatable bonds is 2. The van der Waals surface area contributed by atoms with E-state index in [0.29, 0.717) is 38.9 Å². The third kappa shape index (κ3) is 4.55. The minimum atomic E-state index is -0.513. The number of hydrogen-bond donors (Lipinski definition) is 0. The molecule has 0 fully saturated rings. The molecule has 0 N–H and O–H groups in total. The summed E-state index contributed by atoms with van der Waals surface area (Å²) < 4.78 is 37.2. The first-order valence-corrected chi connectivity index (χ1v) is 12.9. The number of aryl methyl sites for hydroxylation is 2. The smallest absolute Gasteiger partial charge is 0.308 e. The fourth-order valence-electron chi connectivity index (χ4n) is 4.99. The molecule has 0 aliphatic rings. The van der Waals surface area contributed by atoms with E-state index >= 15 is 8.78 Å². The van der Waals surface area contributed by atoms with Crippen molar-refractivity contribution in [2.75, 3.05) is 0 Å². The summed E-state index contributed by atoms with van der Waals surface area (Å²) in [4.78, 5) is 21.5. The van der Waals surface area contributed by atoms with Crippen LogP contribution in [0.4, 0.5) is 8.78 Å². The number of benzene rings is 2. The molecule has 0 atom stereocenters. The van der Waals surface area contributed by atoms with Crippen LogP contribution in [-0.4, -0.2) is 15.9 Å². The Morgan fingerprint density at radius 1 is 0.763 bits per heavy atom. The van der Waals surface area contributed by atoms with Crippen LogP contribution in [-0.2, 0) is 15.6 Å². The zero-order chi connectivity index (χ0) is 28.5. The number of hydrogen-bond acceptors (Lipinski definition) is 4. The maximum absolute atomic E-state index is 15.8. The lowest BCUT2D eigenvalue weighted by atomic mass is 9.77. The molecule has 2 aromatic heterocycles. The minimum absolute atomic E-state index is 0.113. The summed E-state index contributed by atoms with van der Waals surface area (Å²) in [5.74, 6) is -1.15. The van der Waals surface area contributed by atoms with Gasteiger partial charge in [-0.05, 0) is 84.5 Å². The zero-order valence-electron chi connectivity index (χ0n) is 24.2. The van der Waals surface area contributed by atoms with Gasteiger partial charge in [-0.2, -0.15) is 0 Å². The monoisotopic (exact) mass is 518 g/mol. The number of ether oxygens (including phenoxy) is 1. The molecule has 4 aromatic rings. The Balaban J connectivity index is 2.40. The van der Waals surface area contributed by atoms with E-state index in [1.54, 1.807) is 13.0 Å². The van der Waals surface area contributed by atoms with E-state index in [1.165, 1.54) is 13.0 Å². The summed E-state index contributed by atoms with van der Waals surface area (Å²) in [6.45, 7) is 20.8. The van der Waals surface area contributed by atoms with Crippen LogP contribution in [0.3, 0.4) is 0 Å². The van der Waals surface area contributed by atoms with Gasteiger partial charge in [0, 0.05) is 29.3 Å². The van der Waals surface area contributed by atoms with Gasteiger partial charge in [-0.15, -0.1) is 0 Å². The normalized spacial score (nSPS) is 12.4. The molecule has 0 radical (unpaired) electrons. The van der Waals surface area contributed by atoms with Gasteiger partial charge >= 0.3 is 5.97 Å². The highest BCUT2D eigenvalue weighted by Crippen LogP contribution is 2.48. The lowest BCUT2D eigenvalue weighted by Gasteiger charge is -2.28. The van der Waals surface area contributed by atoms with Crippen molar-refractivity contribution < 1.29 is 18.3 Å². The average Bonchev–Trinajstić information content (AvgIpc) is 2.77. The van der Waals surface area contributed by atoms with Gasteiger partial charge in [0.05, 0.1) is 5.39 Å². The molecule has 0 unspecified atom stereocenters. The first-order valence-electron chi connectivity index (χ1n) is 12.9. The molecule has 200 valence electrons. The van der Waals surface area contributed by atoms with E-state index in [-0.39, 0.29) is 22.2 Å². The Hall–Kier alpha value is -3.41. The average molecular weight is 519 g/mol. The quantitative estimate of drug-likeness (QED) is 0.250. The SMILES string of the molecule is CC(=O)Oc1c(C)c(C)nc2c(F)cc(C(C)(C)C)c(-c3c(C)c(C)nc4c(F)cc(C(C)(C)C)cc34)c12. The van der Waals surface area contributed by atoms with E-state index in [0.717, 1.165) is 16.7 Å². The lowest BCUT2D eigenvalue weighted by Crippen LogP contribution is -2.16. The Morgan fingerprint density at radius 3 is 1.87 bits per heavy atom. The van der Waals surface area contributed by atoms with E-state index in [1.807, 2.05) is 68.4 Å². The summed E-state index contributed by atoms with van der Waals surface area (Å²) in [6.07, 6.45) is 0. The topological polar surface area (TPSA) is 52.1 Å². The molecule has 38 heavy (non-hydrogen) atoms. The van der Waals surface area contributed by atoms with Gasteiger partial charge in [-0.3, -0.25) is 4.79 Å². The van der Waals surface area contributed by atoms with Crippen molar-refractivity contribution in [3.05, 3.63) is 63.5 Å². The van der Waals surface area contributed by atoms with E-state index in [2.05, 4.69) is 9.97 Å². The van der Waals surface area contributed by atoms with Crippen molar-refractivity contribution in [3.8, 4) is 16.9 Å². The predicted octanol–water partition coefficient (Wildman–Crippen LogP) is 8.48. The second kappa shape index (κ2) is 9.11. The molecule has 4 rings (SSSR count). The standard InChI is InChI=1S/C32H36F2N2O2/c1-15-17(3)35-28-21(12-20(13-23(28)33)31(6,7)8)25(15)26-22(32(9,10)11)14-24(34)29-27(26)30(38-19(5)37)16(2)18(4)36-29/h12-14H,1-11H3. The van der Waals surface area contributed by atoms with Gasteiger partial charge in [0.1, 0.15) is 28.4 Å². The maximum atomic E-state index is 15.8. The summed E-state index contributed by atoms with van der Waals surface area (Å²) in [5.41, 5.74) is 5.20. The van der Waals surface area contributed by atoms with E-state index in [9.17, 15) is 4.79 Å². The maximum Gasteiger partial charge on any atom is 0.308 e. The fourth-order valence-corrected chi connectivity index (χ4v) is 4.99. The highest BCUT2D eigenvalue weighted by molar-refractivity contribution is 6.10. The number of esters is 1. The Bertz CT molecular complexity index is 1640. The predicted molar refractivity (Wildman–Crippen MR) is 150 cm³/mol. The van der Waals surface area contributed by atoms with Crippen LogP contribution in [0, 0.1) is 39.3 Å². The van der Waals surface area contributed by atoms with Crippen LogP contribution in [0.5, 0.6) is 5.75 Å². The minimum Gasteiger partial charge on any atom is -0.426 e.